The van der Waals surface area contributed by atoms with Gasteiger partial charge in [0, 0.05) is 16.3 Å². The molecule has 0 heterocycles. The molecule has 2 rings (SSSR count). The summed E-state index contributed by atoms with van der Waals surface area (Å²) >= 11 is 5.87. The summed E-state index contributed by atoms with van der Waals surface area (Å²) in [6, 6.07) is 6.90. The summed E-state index contributed by atoms with van der Waals surface area (Å²) in [5.41, 5.74) is 4.28. The number of hydrogen-bond donors (Lipinski definition) is 1. The third-order valence-electron chi connectivity index (χ3n) is 3.78. The zero-order valence-electron chi connectivity index (χ0n) is 11.9. The highest BCUT2D eigenvalue weighted by Gasteiger charge is 2.17. The summed E-state index contributed by atoms with van der Waals surface area (Å²) in [5.74, 6) is 0.637. The topological polar surface area (TPSA) is 41.5 Å². The number of amides is 1. The maximum atomic E-state index is 11.9. The zero-order chi connectivity index (χ0) is 14.4. The average molecular weight is 293 g/mol. The standard InChI is InChI=1S/C16H21ClN2O/c1-2-4-12-7-9-15(10-8-12)18-19-16(20)13-5-3-6-14(17)11-13/h3,5-6,11-12H,2,4,7-10H2,1H3,(H,19,20). The van der Waals surface area contributed by atoms with Crippen LogP contribution in [0.3, 0.4) is 0 Å². The van der Waals surface area contributed by atoms with Crippen molar-refractivity contribution in [1.29, 1.82) is 0 Å². The first-order valence-corrected chi connectivity index (χ1v) is 7.68. The van der Waals surface area contributed by atoms with Crippen molar-refractivity contribution in [3.05, 3.63) is 34.9 Å². The second kappa shape index (κ2) is 7.44. The molecule has 1 N–H and O–H groups in total. The molecule has 0 atom stereocenters. The lowest BCUT2D eigenvalue weighted by molar-refractivity contribution is 0.0954. The fraction of sp³-hybridized carbons (Fsp3) is 0.500. The van der Waals surface area contributed by atoms with Crippen LogP contribution >= 0.6 is 11.6 Å². The van der Waals surface area contributed by atoms with Crippen molar-refractivity contribution >= 4 is 23.2 Å². The van der Waals surface area contributed by atoms with E-state index in [2.05, 4.69) is 17.5 Å². The molecule has 1 saturated carbocycles. The fourth-order valence-corrected chi connectivity index (χ4v) is 2.83. The van der Waals surface area contributed by atoms with E-state index in [-0.39, 0.29) is 5.91 Å². The van der Waals surface area contributed by atoms with Gasteiger partial charge >= 0.3 is 0 Å². The summed E-state index contributed by atoms with van der Waals surface area (Å²) in [4.78, 5) is 11.9. The van der Waals surface area contributed by atoms with E-state index < -0.39 is 0 Å². The van der Waals surface area contributed by atoms with Crippen LogP contribution in [0.4, 0.5) is 0 Å². The molecular formula is C16H21ClN2O. The van der Waals surface area contributed by atoms with E-state index >= 15 is 0 Å². The van der Waals surface area contributed by atoms with Crippen molar-refractivity contribution < 1.29 is 4.79 Å². The molecule has 0 spiro atoms. The van der Waals surface area contributed by atoms with E-state index in [0.29, 0.717) is 10.6 Å². The second-order valence-electron chi connectivity index (χ2n) is 5.36. The Kier molecular flexibility index (Phi) is 5.60. The van der Waals surface area contributed by atoms with Gasteiger partial charge in [0.25, 0.3) is 5.91 Å². The molecule has 0 unspecified atom stereocenters. The van der Waals surface area contributed by atoms with Gasteiger partial charge in [-0.05, 0) is 49.8 Å². The molecule has 0 bridgehead atoms. The third-order valence-corrected chi connectivity index (χ3v) is 4.02. The minimum absolute atomic E-state index is 0.198. The minimum Gasteiger partial charge on any atom is -0.267 e. The molecule has 0 saturated heterocycles. The monoisotopic (exact) mass is 292 g/mol. The van der Waals surface area contributed by atoms with Gasteiger partial charge in [-0.1, -0.05) is 37.4 Å². The van der Waals surface area contributed by atoms with Crippen molar-refractivity contribution in [3.63, 3.8) is 0 Å². The lowest BCUT2D eigenvalue weighted by Gasteiger charge is -2.22. The largest absolute Gasteiger partial charge is 0.271 e. The van der Waals surface area contributed by atoms with E-state index in [0.717, 1.165) is 24.5 Å². The van der Waals surface area contributed by atoms with Gasteiger partial charge in [0.1, 0.15) is 0 Å². The number of nitrogens with zero attached hydrogens (tertiary/aromatic N) is 1. The number of nitrogens with one attached hydrogen (secondary N) is 1. The Bertz CT molecular complexity index is 489. The van der Waals surface area contributed by atoms with Crippen molar-refractivity contribution in [3.8, 4) is 0 Å². The maximum Gasteiger partial charge on any atom is 0.271 e. The number of benzene rings is 1. The summed E-state index contributed by atoms with van der Waals surface area (Å²) in [7, 11) is 0. The first-order valence-electron chi connectivity index (χ1n) is 7.30. The van der Waals surface area contributed by atoms with Crippen LogP contribution < -0.4 is 5.43 Å². The molecule has 3 nitrogen and oxygen atoms in total. The van der Waals surface area contributed by atoms with Crippen LogP contribution in [0.2, 0.25) is 5.02 Å². The molecule has 1 aliphatic rings. The predicted molar refractivity (Wildman–Crippen MR) is 83.2 cm³/mol. The van der Waals surface area contributed by atoms with Gasteiger partial charge in [-0.25, -0.2) is 5.43 Å². The van der Waals surface area contributed by atoms with Crippen LogP contribution in [0.15, 0.2) is 29.4 Å². The first-order chi connectivity index (χ1) is 9.69. The van der Waals surface area contributed by atoms with E-state index in [1.165, 1.54) is 25.7 Å². The third kappa shape index (κ3) is 4.34. The van der Waals surface area contributed by atoms with E-state index in [4.69, 9.17) is 11.6 Å². The van der Waals surface area contributed by atoms with Gasteiger partial charge in [0.2, 0.25) is 0 Å². The average Bonchev–Trinajstić information content (AvgIpc) is 2.46. The van der Waals surface area contributed by atoms with Crippen LogP contribution in [0.5, 0.6) is 0 Å². The molecule has 108 valence electrons. The second-order valence-corrected chi connectivity index (χ2v) is 5.80. The van der Waals surface area contributed by atoms with Crippen molar-refractivity contribution in [1.82, 2.24) is 5.43 Å². The van der Waals surface area contributed by atoms with Crippen LogP contribution in [0.25, 0.3) is 0 Å². The molecule has 20 heavy (non-hydrogen) atoms. The molecular weight excluding hydrogens is 272 g/mol. The van der Waals surface area contributed by atoms with Crippen LogP contribution in [-0.4, -0.2) is 11.6 Å². The molecule has 1 amide bonds. The van der Waals surface area contributed by atoms with E-state index in [1.807, 2.05) is 0 Å². The van der Waals surface area contributed by atoms with Crippen LogP contribution in [0.1, 0.15) is 55.8 Å². The van der Waals surface area contributed by atoms with E-state index in [1.54, 1.807) is 24.3 Å². The number of rotatable bonds is 4. The number of halogens is 1. The maximum absolute atomic E-state index is 11.9. The van der Waals surface area contributed by atoms with Gasteiger partial charge < -0.3 is 0 Å². The minimum atomic E-state index is -0.198. The number of carbonyl (C=O) groups excluding carboxylic acids is 1. The smallest absolute Gasteiger partial charge is 0.267 e. The fourth-order valence-electron chi connectivity index (χ4n) is 2.64. The molecule has 4 heteroatoms. The lowest BCUT2D eigenvalue weighted by Crippen LogP contribution is -2.22. The molecule has 0 aromatic heterocycles. The summed E-state index contributed by atoms with van der Waals surface area (Å²) in [6.45, 7) is 2.23. The van der Waals surface area contributed by atoms with Crippen molar-refractivity contribution in [2.45, 2.75) is 45.4 Å². The highest BCUT2D eigenvalue weighted by Crippen LogP contribution is 2.25. The van der Waals surface area contributed by atoms with Gasteiger partial charge in [0.15, 0.2) is 0 Å². The van der Waals surface area contributed by atoms with Crippen molar-refractivity contribution in [2.75, 3.05) is 0 Å². The zero-order valence-corrected chi connectivity index (χ0v) is 12.6. The summed E-state index contributed by atoms with van der Waals surface area (Å²) in [5, 5.41) is 4.82. The predicted octanol–water partition coefficient (Wildman–Crippen LogP) is 4.42. The molecule has 1 fully saturated rings. The van der Waals surface area contributed by atoms with Gasteiger partial charge in [-0.2, -0.15) is 5.10 Å². The normalized spacial score (nSPS) is 18.7. The Hall–Kier alpha value is -1.35. The quantitative estimate of drug-likeness (QED) is 0.820. The number of hydrazone groups is 1. The first kappa shape index (κ1) is 15.0. The van der Waals surface area contributed by atoms with Crippen LogP contribution in [-0.2, 0) is 0 Å². The molecule has 1 aliphatic carbocycles. The SMILES string of the molecule is CCCC1CCC(=NNC(=O)c2cccc(Cl)c2)CC1. The Balaban J connectivity index is 1.86. The Morgan fingerprint density at radius 2 is 2.15 bits per heavy atom. The Morgan fingerprint density at radius 3 is 2.80 bits per heavy atom. The van der Waals surface area contributed by atoms with Gasteiger partial charge in [-0.3, -0.25) is 4.79 Å². The Labute approximate surface area is 125 Å². The summed E-state index contributed by atoms with van der Waals surface area (Å²) in [6.07, 6.45) is 6.95. The molecule has 0 radical (unpaired) electrons. The number of hydrogen-bond acceptors (Lipinski definition) is 2. The van der Waals surface area contributed by atoms with Gasteiger partial charge in [0.05, 0.1) is 0 Å². The van der Waals surface area contributed by atoms with Crippen molar-refractivity contribution in [2.24, 2.45) is 11.0 Å². The summed E-state index contributed by atoms with van der Waals surface area (Å²) < 4.78 is 0. The highest BCUT2D eigenvalue weighted by atomic mass is 35.5. The molecule has 1 aromatic rings. The van der Waals surface area contributed by atoms with E-state index in [9.17, 15) is 4.79 Å². The molecule has 1 aromatic carbocycles. The lowest BCUT2D eigenvalue weighted by atomic mass is 9.85. The van der Waals surface area contributed by atoms with Gasteiger partial charge in [-0.15, -0.1) is 0 Å². The number of carbonyl (C=O) groups is 1. The Morgan fingerprint density at radius 1 is 1.40 bits per heavy atom. The highest BCUT2D eigenvalue weighted by molar-refractivity contribution is 6.30. The molecule has 0 aliphatic heterocycles. The van der Waals surface area contributed by atoms with Crippen LogP contribution in [0, 0.1) is 5.92 Å².